The van der Waals surface area contributed by atoms with Gasteiger partial charge in [-0.15, -0.1) is 0 Å². The number of nitrogens with one attached hydrogen (secondary N) is 2. The van der Waals surface area contributed by atoms with Crippen LogP contribution in [-0.4, -0.2) is 78.4 Å². The van der Waals surface area contributed by atoms with Gasteiger partial charge < -0.3 is 48.0 Å². The van der Waals surface area contributed by atoms with E-state index in [0.29, 0.717) is 39.4 Å². The van der Waals surface area contributed by atoms with Crippen LogP contribution in [0.2, 0.25) is 0 Å². The second kappa shape index (κ2) is 19.4. The third-order valence-corrected chi connectivity index (χ3v) is 17.5. The minimum atomic E-state index is -5.02. The minimum absolute atomic E-state index is 0.0100. The van der Waals surface area contributed by atoms with Crippen molar-refractivity contribution in [2.24, 2.45) is 0 Å². The number of ether oxygens (including phenoxy) is 4. The number of oxazole rings is 2. The standard InChI is InChI=1S/C58H42F4N4O14S2/c1-57(26-77-49-28(18-45(67)68)6-4-8-37(49)57)43-23-75-55(65-43)34-20-30(10-12-39(34)59)79-51-41(61)22-42-32(14-16-63-42)54(51)82(73,74)25-36-47(62)52(53(81(3,71)72)33-15-17-64-48(33)36)80-31-11-13-40(60)35(21-31)56-66-44(24-76-56)58(2)27-78-50-29(19-46(69)70)7-5-9-38(50)58/h4-17,20-24,63-64H,18-19,25-27H2,1-3H3,(H,67,68)(H,69,70)/t57-,58+/m0/s1. The van der Waals surface area contributed by atoms with E-state index in [9.17, 15) is 28.2 Å². The zero-order valence-electron chi connectivity index (χ0n) is 43.0. The molecule has 0 radical (unpaired) electrons. The molecule has 0 saturated carbocycles. The van der Waals surface area contributed by atoms with Crippen LogP contribution < -0.4 is 18.9 Å². The van der Waals surface area contributed by atoms with Gasteiger partial charge in [-0.1, -0.05) is 36.4 Å². The predicted octanol–water partition coefficient (Wildman–Crippen LogP) is 11.1. The lowest BCUT2D eigenvalue weighted by atomic mass is 9.81. The van der Waals surface area contributed by atoms with E-state index >= 15 is 26.0 Å². The number of benzene rings is 6. The van der Waals surface area contributed by atoms with E-state index in [4.69, 9.17) is 27.8 Å². The summed E-state index contributed by atoms with van der Waals surface area (Å²) >= 11 is 0. The highest BCUT2D eigenvalue weighted by molar-refractivity contribution is 7.91. The number of aromatic nitrogens is 4. The number of hydrogen-bond donors (Lipinski definition) is 4. The smallest absolute Gasteiger partial charge is 0.307 e. The number of carbonyl (C=O) groups is 2. The summed E-state index contributed by atoms with van der Waals surface area (Å²) in [5.74, 6) is -10.1. The van der Waals surface area contributed by atoms with Crippen LogP contribution in [0.4, 0.5) is 17.6 Å². The largest absolute Gasteiger partial charge is 0.492 e. The molecule has 10 aromatic rings. The Morgan fingerprint density at radius 1 is 0.646 bits per heavy atom. The summed E-state index contributed by atoms with van der Waals surface area (Å²) in [6, 6.07) is 19.9. The summed E-state index contributed by atoms with van der Waals surface area (Å²) in [7, 11) is -9.46. The maximum Gasteiger partial charge on any atom is 0.307 e. The van der Waals surface area contributed by atoms with Gasteiger partial charge in [0, 0.05) is 68.8 Å². The Bertz CT molecular complexity index is 4570. The van der Waals surface area contributed by atoms with E-state index in [1.165, 1.54) is 37.1 Å². The van der Waals surface area contributed by atoms with Crippen molar-refractivity contribution >= 4 is 53.4 Å². The highest BCUT2D eigenvalue weighted by atomic mass is 32.2. The second-order valence-corrected chi connectivity index (χ2v) is 24.1. The first-order valence-corrected chi connectivity index (χ1v) is 28.4. The summed E-state index contributed by atoms with van der Waals surface area (Å²) in [5.41, 5.74) is -0.767. The number of carboxylic acids is 2. The van der Waals surface area contributed by atoms with E-state index in [1.807, 2.05) is 0 Å². The number of para-hydroxylation sites is 2. The fourth-order valence-corrected chi connectivity index (χ4v) is 13.4. The van der Waals surface area contributed by atoms with Crippen LogP contribution in [0.25, 0.3) is 44.7 Å². The zero-order chi connectivity index (χ0) is 57.8. The third-order valence-electron chi connectivity index (χ3n) is 14.7. The van der Waals surface area contributed by atoms with Crippen LogP contribution in [0.1, 0.15) is 53.1 Å². The van der Waals surface area contributed by atoms with Crippen molar-refractivity contribution in [2.75, 3.05) is 19.5 Å². The molecule has 2 aliphatic heterocycles. The molecular weight excluding hydrogens is 1120 g/mol. The van der Waals surface area contributed by atoms with E-state index < -0.39 is 98.3 Å². The molecule has 418 valence electrons. The lowest BCUT2D eigenvalue weighted by Crippen LogP contribution is -2.25. The summed E-state index contributed by atoms with van der Waals surface area (Å²) in [5, 5.41) is 18.6. The molecule has 0 bridgehead atoms. The van der Waals surface area contributed by atoms with Crippen LogP contribution in [0, 0.1) is 23.3 Å². The van der Waals surface area contributed by atoms with Crippen molar-refractivity contribution in [2.45, 2.75) is 53.1 Å². The molecule has 0 aliphatic carbocycles. The Morgan fingerprint density at radius 2 is 1.16 bits per heavy atom. The molecular formula is C58H42F4N4O14S2. The molecule has 18 nitrogen and oxygen atoms in total. The van der Waals surface area contributed by atoms with Gasteiger partial charge in [-0.3, -0.25) is 9.59 Å². The second-order valence-electron chi connectivity index (χ2n) is 20.2. The molecule has 2 aliphatic rings. The summed E-state index contributed by atoms with van der Waals surface area (Å²) in [6.07, 6.45) is 5.33. The monoisotopic (exact) mass is 1160 g/mol. The molecule has 4 N–H and O–H groups in total. The van der Waals surface area contributed by atoms with Gasteiger partial charge in [-0.05, 0) is 62.4 Å². The average molecular weight is 1160 g/mol. The fraction of sp³-hybridized carbons (Fsp3) is 0.172. The summed E-state index contributed by atoms with van der Waals surface area (Å²) in [6.45, 7) is 3.65. The number of sulfone groups is 2. The van der Waals surface area contributed by atoms with Gasteiger partial charge in [0.1, 0.15) is 70.2 Å². The molecule has 0 fully saturated rings. The number of H-pyrrole nitrogens is 2. The van der Waals surface area contributed by atoms with Crippen molar-refractivity contribution in [1.82, 2.24) is 19.9 Å². The third kappa shape index (κ3) is 8.93. The van der Waals surface area contributed by atoms with Gasteiger partial charge >= 0.3 is 11.9 Å². The number of aromatic amines is 2. The quantitative estimate of drug-likeness (QED) is 0.0655. The Morgan fingerprint density at radius 3 is 1.68 bits per heavy atom. The lowest BCUT2D eigenvalue weighted by Gasteiger charge is -2.19. The van der Waals surface area contributed by atoms with Gasteiger partial charge in [-0.25, -0.2) is 44.4 Å². The van der Waals surface area contributed by atoms with E-state index in [1.54, 1.807) is 50.2 Å². The molecule has 2 atom stereocenters. The zero-order valence-corrected chi connectivity index (χ0v) is 44.7. The molecule has 82 heavy (non-hydrogen) atoms. The first kappa shape index (κ1) is 53.2. The lowest BCUT2D eigenvalue weighted by molar-refractivity contribution is -0.137. The number of fused-ring (bicyclic) bond motifs is 4. The van der Waals surface area contributed by atoms with E-state index in [-0.39, 0.29) is 88.0 Å². The van der Waals surface area contributed by atoms with Crippen LogP contribution >= 0.6 is 0 Å². The van der Waals surface area contributed by atoms with Crippen molar-refractivity contribution in [3.8, 4) is 57.4 Å². The van der Waals surface area contributed by atoms with Crippen LogP contribution in [-0.2, 0) is 58.7 Å². The molecule has 6 heterocycles. The summed E-state index contributed by atoms with van der Waals surface area (Å²) in [4.78, 5) is 36.3. The van der Waals surface area contributed by atoms with Gasteiger partial charge in [0.05, 0.1) is 57.5 Å². The van der Waals surface area contributed by atoms with E-state index in [2.05, 4.69) is 19.9 Å². The Kier molecular flexibility index (Phi) is 12.6. The van der Waals surface area contributed by atoms with Gasteiger partial charge in [0.2, 0.25) is 11.8 Å². The molecule has 12 rings (SSSR count). The van der Waals surface area contributed by atoms with Crippen molar-refractivity contribution < 1.29 is 82.0 Å². The number of hydrogen-bond acceptors (Lipinski definition) is 14. The summed E-state index contributed by atoms with van der Waals surface area (Å²) < 4.78 is 159. The van der Waals surface area contributed by atoms with Crippen molar-refractivity contribution in [3.05, 3.63) is 178 Å². The van der Waals surface area contributed by atoms with Crippen LogP contribution in [0.5, 0.6) is 34.5 Å². The molecule has 0 saturated heterocycles. The molecule has 0 amide bonds. The first-order chi connectivity index (χ1) is 39.0. The number of halogens is 4. The highest BCUT2D eigenvalue weighted by Gasteiger charge is 2.44. The number of nitrogens with zero attached hydrogens (tertiary/aromatic N) is 2. The maximum absolute atomic E-state index is 17.6. The Hall–Kier alpha value is -9.42. The topological polar surface area (TPSA) is 263 Å². The number of carboxylic acid groups (broad SMARTS) is 2. The van der Waals surface area contributed by atoms with Gasteiger partial charge in [-0.2, -0.15) is 0 Å². The molecule has 4 aromatic heterocycles. The Labute approximate surface area is 461 Å². The molecule has 6 aromatic carbocycles. The first-order valence-electron chi connectivity index (χ1n) is 24.9. The SMILES string of the molecule is C[C@@]1(c2coc(-c3cc(Oc4c(F)c(CS(=O)(=O)c5c(Oc6ccc(F)c(-c7nc([C@@]8(C)COc9c(CC(=O)O)cccc98)co7)c6)c(F)cc6[nH]ccc56)c5[nH]ccc5c4S(C)(=O)=O)ccc3F)n2)COc2c(CC(=O)O)cccc21. The maximum atomic E-state index is 17.6. The average Bonchev–Trinajstić information content (AvgIpc) is 3.08. The van der Waals surface area contributed by atoms with E-state index in [0.717, 1.165) is 48.7 Å². The van der Waals surface area contributed by atoms with Crippen molar-refractivity contribution in [1.29, 1.82) is 0 Å². The molecule has 0 unspecified atom stereocenters. The van der Waals surface area contributed by atoms with Crippen LogP contribution in [0.15, 0.2) is 135 Å². The number of rotatable bonds is 16. The normalized spacial score (nSPS) is 16.7. The fourth-order valence-electron chi connectivity index (χ4n) is 10.7. The van der Waals surface area contributed by atoms with Crippen LogP contribution in [0.3, 0.4) is 0 Å². The molecule has 24 heteroatoms. The minimum Gasteiger partial charge on any atom is -0.492 e. The highest BCUT2D eigenvalue weighted by Crippen LogP contribution is 2.49. The van der Waals surface area contributed by atoms with Gasteiger partial charge in [0.25, 0.3) is 0 Å². The van der Waals surface area contributed by atoms with Gasteiger partial charge in [0.15, 0.2) is 42.8 Å². The Balaban J connectivity index is 0.884. The van der Waals surface area contributed by atoms with Crippen molar-refractivity contribution in [3.63, 3.8) is 0 Å². The number of aliphatic carboxylic acids is 2. The predicted molar refractivity (Wildman–Crippen MR) is 284 cm³/mol. The molecule has 0 spiro atoms.